The third-order valence-electron chi connectivity index (χ3n) is 20.6. The lowest BCUT2D eigenvalue weighted by molar-refractivity contribution is 0.482. The van der Waals surface area contributed by atoms with E-state index in [0.29, 0.717) is 11.2 Å². The number of rotatable bonds is 16. The van der Waals surface area contributed by atoms with Crippen molar-refractivity contribution in [1.29, 1.82) is 0 Å². The van der Waals surface area contributed by atoms with Gasteiger partial charge in [-0.05, 0) is 274 Å². The lowest BCUT2D eigenvalue weighted by Crippen LogP contribution is -2.30. The summed E-state index contributed by atoms with van der Waals surface area (Å²) in [6.45, 7) is 16.6. The topological polar surface area (TPSA) is 38.1 Å². The van der Waals surface area contributed by atoms with Crippen LogP contribution < -0.4 is 19.3 Å². The molecule has 5 nitrogen and oxygen atoms in total. The molecule has 0 aliphatic heterocycles. The molecule has 0 saturated carbocycles. The summed E-state index contributed by atoms with van der Waals surface area (Å²) < 4.78 is 50.3. The molecule has 1 heterocycles. The monoisotopic (exact) mass is 1310 g/mol. The normalized spacial score (nSPS) is 14.8. The summed E-state index contributed by atoms with van der Waals surface area (Å²) in [6.07, 6.45) is 3.65. The van der Waals surface area contributed by atoms with Crippen LogP contribution in [0.25, 0.3) is 56.3 Å². The SMILES string of the molecule is C=Cc1ccc(Oc2ccc(C3(c4cc(C)ccc4C)c4ccccc4-c4ccc(N(c5ccc(F)cc5)c5ccc6oc7ccc(N(c8ccc(F)cc8)c8ccc9c(c8)C(c8ccc(Oc%10ccc(C=C)cc%10)cc8)(c8cc(C)ccc8C)c8ccccc8-9)cc7c6c5)cc43)cc2)cc1. The van der Waals surface area contributed by atoms with Gasteiger partial charge in [-0.1, -0.05) is 182 Å². The first-order chi connectivity index (χ1) is 49.3. The number of anilines is 6. The highest BCUT2D eigenvalue weighted by Gasteiger charge is 2.49. The van der Waals surface area contributed by atoms with E-state index in [0.717, 1.165) is 146 Å². The van der Waals surface area contributed by atoms with Gasteiger partial charge in [-0.15, -0.1) is 0 Å². The predicted molar refractivity (Wildman–Crippen MR) is 410 cm³/mol. The Morgan fingerprint density at radius 3 is 1.04 bits per heavy atom. The molecule has 486 valence electrons. The smallest absolute Gasteiger partial charge is 0.135 e. The maximum absolute atomic E-state index is 15.3. The quantitative estimate of drug-likeness (QED) is 0.0964. The molecule has 0 amide bonds. The molecule has 2 atom stereocenters. The summed E-state index contributed by atoms with van der Waals surface area (Å²) in [7, 11) is 0. The summed E-state index contributed by atoms with van der Waals surface area (Å²) in [4.78, 5) is 4.43. The van der Waals surface area contributed by atoms with Crippen molar-refractivity contribution in [2.24, 2.45) is 0 Å². The second kappa shape index (κ2) is 24.7. The fourth-order valence-corrected chi connectivity index (χ4v) is 15.9. The van der Waals surface area contributed by atoms with Gasteiger partial charge in [0.2, 0.25) is 0 Å². The van der Waals surface area contributed by atoms with Gasteiger partial charge < -0.3 is 23.7 Å². The van der Waals surface area contributed by atoms with Crippen LogP contribution in [-0.4, -0.2) is 0 Å². The predicted octanol–water partition coefficient (Wildman–Crippen LogP) is 25.6. The van der Waals surface area contributed by atoms with E-state index >= 15 is 8.78 Å². The molecule has 101 heavy (non-hydrogen) atoms. The fraction of sp³-hybridized carbons (Fsp3) is 0.0638. The molecule has 0 saturated heterocycles. The summed E-state index contributed by atoms with van der Waals surface area (Å²) in [5.74, 6) is 2.24. The van der Waals surface area contributed by atoms with Crippen LogP contribution in [0.5, 0.6) is 23.0 Å². The number of aryl methyl sites for hydroxylation is 4. The molecule has 14 aromatic carbocycles. The highest BCUT2D eigenvalue weighted by molar-refractivity contribution is 6.08. The van der Waals surface area contributed by atoms with Crippen molar-refractivity contribution in [2.45, 2.75) is 38.5 Å². The maximum atomic E-state index is 15.3. The standard InChI is InChI=1S/C94H68F2N2O3/c1-7-63-21-41-75(42-22-63)99-77-45-25-65(26-46-77)93(87-53-59(3)17-19-61(87)5)85-15-11-9-13-79(85)81-49-37-73(57-89(81)93)97(69-33-29-67(95)30-34-69)71-39-51-91-83(55-71)84-56-72(40-52-92(84)101-91)98(70-35-31-68(96)32-36-70)74-38-50-82-80-14-10-12-16-86(80)94(90(82)58-74,88-54-60(4)18-20-62(88)6)66-27-47-78(48-28-66)100-76-43-23-64(8-2)24-44-76/h7-58H,1-2H2,3-6H3. The Kier molecular flexibility index (Phi) is 15.2. The minimum absolute atomic E-state index is 0.335. The Morgan fingerprint density at radius 1 is 0.317 bits per heavy atom. The van der Waals surface area contributed by atoms with E-state index < -0.39 is 10.8 Å². The largest absolute Gasteiger partial charge is 0.457 e. The average Bonchev–Trinajstić information content (AvgIpc) is 1.53. The van der Waals surface area contributed by atoms with Crippen LogP contribution in [0.1, 0.15) is 77.9 Å². The number of ether oxygens (including phenoxy) is 2. The molecule has 2 aliphatic rings. The molecular weight excluding hydrogens is 1240 g/mol. The van der Waals surface area contributed by atoms with Crippen LogP contribution in [0, 0.1) is 39.3 Å². The first-order valence-electron chi connectivity index (χ1n) is 34.1. The summed E-state index contributed by atoms with van der Waals surface area (Å²) in [5.41, 5.74) is 25.1. The van der Waals surface area contributed by atoms with Crippen molar-refractivity contribution in [2.75, 3.05) is 9.80 Å². The third kappa shape index (κ3) is 10.4. The molecule has 7 heteroatoms. The van der Waals surface area contributed by atoms with E-state index in [-0.39, 0.29) is 11.6 Å². The maximum Gasteiger partial charge on any atom is 0.135 e. The first kappa shape index (κ1) is 62.0. The molecule has 15 aromatic rings. The zero-order valence-corrected chi connectivity index (χ0v) is 56.3. The molecule has 0 N–H and O–H groups in total. The van der Waals surface area contributed by atoms with Crippen LogP contribution in [0.4, 0.5) is 42.9 Å². The van der Waals surface area contributed by atoms with Gasteiger partial charge in [-0.25, -0.2) is 8.78 Å². The third-order valence-corrected chi connectivity index (χ3v) is 20.6. The van der Waals surface area contributed by atoms with Gasteiger partial charge >= 0.3 is 0 Å². The van der Waals surface area contributed by atoms with Gasteiger partial charge in [-0.2, -0.15) is 0 Å². The number of fused-ring (bicyclic) bond motifs is 9. The number of nitrogens with zero attached hydrogens (tertiary/aromatic N) is 2. The van der Waals surface area contributed by atoms with Crippen molar-refractivity contribution >= 4 is 68.2 Å². The Morgan fingerprint density at radius 2 is 0.653 bits per heavy atom. The van der Waals surface area contributed by atoms with Gasteiger partial charge in [0.15, 0.2) is 0 Å². The minimum atomic E-state index is -0.779. The van der Waals surface area contributed by atoms with E-state index in [4.69, 9.17) is 13.9 Å². The minimum Gasteiger partial charge on any atom is -0.457 e. The molecule has 0 bridgehead atoms. The Balaban J connectivity index is 0.816. The van der Waals surface area contributed by atoms with E-state index in [9.17, 15) is 0 Å². The molecule has 1 aromatic heterocycles. The van der Waals surface area contributed by atoms with Crippen LogP contribution in [0.3, 0.4) is 0 Å². The Hall–Kier alpha value is -12.6. The van der Waals surface area contributed by atoms with Crippen molar-refractivity contribution in [3.8, 4) is 45.3 Å². The van der Waals surface area contributed by atoms with Crippen LogP contribution in [0.2, 0.25) is 0 Å². The lowest BCUT2D eigenvalue weighted by atomic mass is 9.66. The molecule has 0 radical (unpaired) electrons. The highest BCUT2D eigenvalue weighted by Crippen LogP contribution is 2.61. The van der Waals surface area contributed by atoms with Gasteiger partial charge in [-0.3, -0.25) is 0 Å². The molecule has 0 fully saturated rings. The summed E-state index contributed by atoms with van der Waals surface area (Å²) in [6, 6.07) is 104. The van der Waals surface area contributed by atoms with Crippen molar-refractivity contribution in [1.82, 2.24) is 0 Å². The molecule has 2 unspecified atom stereocenters. The van der Waals surface area contributed by atoms with Crippen molar-refractivity contribution < 1.29 is 22.7 Å². The summed E-state index contributed by atoms with van der Waals surface area (Å²) in [5, 5.41) is 1.75. The van der Waals surface area contributed by atoms with E-state index in [1.54, 1.807) is 0 Å². The molecular formula is C94H68F2N2O3. The fourth-order valence-electron chi connectivity index (χ4n) is 15.9. The average molecular weight is 1310 g/mol. The first-order valence-corrected chi connectivity index (χ1v) is 34.1. The van der Waals surface area contributed by atoms with Gasteiger partial charge in [0.25, 0.3) is 0 Å². The van der Waals surface area contributed by atoms with E-state index in [2.05, 4.69) is 245 Å². The van der Waals surface area contributed by atoms with E-state index in [1.807, 2.05) is 97.1 Å². The highest BCUT2D eigenvalue weighted by atomic mass is 19.1. The number of hydrogen-bond donors (Lipinski definition) is 0. The van der Waals surface area contributed by atoms with Gasteiger partial charge in [0, 0.05) is 44.9 Å². The van der Waals surface area contributed by atoms with Gasteiger partial charge in [0.1, 0.15) is 45.8 Å². The number of furan rings is 1. The zero-order chi connectivity index (χ0) is 68.7. The number of halogens is 2. The zero-order valence-electron chi connectivity index (χ0n) is 56.3. The van der Waals surface area contributed by atoms with Crippen LogP contribution in [-0.2, 0) is 10.8 Å². The Bertz CT molecular complexity index is 5410. The van der Waals surface area contributed by atoms with Gasteiger partial charge in [0.05, 0.1) is 10.8 Å². The second-order valence-corrected chi connectivity index (χ2v) is 26.6. The van der Waals surface area contributed by atoms with Crippen molar-refractivity contribution in [3.05, 3.63) is 406 Å². The second-order valence-electron chi connectivity index (χ2n) is 26.6. The lowest BCUT2D eigenvalue weighted by Gasteiger charge is -2.36. The van der Waals surface area contributed by atoms with Crippen LogP contribution >= 0.6 is 0 Å². The van der Waals surface area contributed by atoms with E-state index in [1.165, 1.54) is 46.5 Å². The Labute approximate surface area is 587 Å². The molecule has 17 rings (SSSR count). The number of hydrogen-bond acceptors (Lipinski definition) is 5. The number of benzene rings is 14. The molecule has 2 aliphatic carbocycles. The van der Waals surface area contributed by atoms with Crippen molar-refractivity contribution in [3.63, 3.8) is 0 Å². The molecule has 0 spiro atoms. The summed E-state index contributed by atoms with van der Waals surface area (Å²) >= 11 is 0. The van der Waals surface area contributed by atoms with Crippen LogP contribution in [0.15, 0.2) is 321 Å².